The minimum Gasteiger partial charge on any atom is -0.507 e. The normalized spacial score (nSPS) is 9.00. The Morgan fingerprint density at radius 1 is 1.59 bits per heavy atom. The molecule has 17 heavy (non-hydrogen) atoms. The fourth-order valence-electron chi connectivity index (χ4n) is 1.13. The average Bonchev–Trinajstić information content (AvgIpc) is 2.29. The highest BCUT2D eigenvalue weighted by atomic mass is 16.6. The van der Waals surface area contributed by atoms with Crippen molar-refractivity contribution in [1.82, 2.24) is 5.32 Å². The van der Waals surface area contributed by atoms with Crippen molar-refractivity contribution in [2.24, 2.45) is 0 Å². The highest BCUT2D eigenvalue weighted by Crippen LogP contribution is 2.22. The first-order chi connectivity index (χ1) is 8.06. The molecule has 0 aliphatic carbocycles. The van der Waals surface area contributed by atoms with E-state index >= 15 is 0 Å². The Labute approximate surface area is 97.4 Å². The lowest BCUT2D eigenvalue weighted by Crippen LogP contribution is -2.23. The standard InChI is InChI=1S/C11H10N2O4/c1-2-3-6-12-11(15)9-7-8(13(16)17)4-5-10(9)14/h4-5,7,14H,6H2,1H3,(H,12,15). The summed E-state index contributed by atoms with van der Waals surface area (Å²) in [5.74, 6) is 4.28. The lowest BCUT2D eigenvalue weighted by molar-refractivity contribution is -0.384. The van der Waals surface area contributed by atoms with Crippen LogP contribution < -0.4 is 5.32 Å². The first-order valence-corrected chi connectivity index (χ1v) is 4.71. The lowest BCUT2D eigenvalue weighted by Gasteiger charge is -2.03. The molecule has 2 N–H and O–H groups in total. The summed E-state index contributed by atoms with van der Waals surface area (Å²) < 4.78 is 0. The third kappa shape index (κ3) is 3.21. The molecule has 1 amide bonds. The van der Waals surface area contributed by atoms with E-state index in [1.807, 2.05) is 0 Å². The predicted molar refractivity (Wildman–Crippen MR) is 60.5 cm³/mol. The number of non-ortho nitro benzene ring substituents is 1. The smallest absolute Gasteiger partial charge is 0.270 e. The Morgan fingerprint density at radius 2 is 2.29 bits per heavy atom. The molecule has 0 fully saturated rings. The van der Waals surface area contributed by atoms with Crippen molar-refractivity contribution in [3.63, 3.8) is 0 Å². The van der Waals surface area contributed by atoms with Crippen LogP contribution in [0.5, 0.6) is 5.75 Å². The monoisotopic (exact) mass is 234 g/mol. The van der Waals surface area contributed by atoms with Gasteiger partial charge in [0.1, 0.15) is 5.75 Å². The van der Waals surface area contributed by atoms with Gasteiger partial charge in [-0.15, -0.1) is 5.92 Å². The first-order valence-electron chi connectivity index (χ1n) is 4.71. The van der Waals surface area contributed by atoms with E-state index in [4.69, 9.17) is 0 Å². The van der Waals surface area contributed by atoms with Crippen LogP contribution in [-0.4, -0.2) is 22.5 Å². The molecule has 0 radical (unpaired) electrons. The van der Waals surface area contributed by atoms with Crippen LogP contribution >= 0.6 is 0 Å². The highest BCUT2D eigenvalue weighted by molar-refractivity contribution is 5.97. The quantitative estimate of drug-likeness (QED) is 0.464. The maximum absolute atomic E-state index is 11.6. The molecule has 0 aliphatic heterocycles. The van der Waals surface area contributed by atoms with Gasteiger partial charge in [0.05, 0.1) is 17.0 Å². The molecular weight excluding hydrogens is 224 g/mol. The van der Waals surface area contributed by atoms with Crippen LogP contribution in [0, 0.1) is 22.0 Å². The summed E-state index contributed by atoms with van der Waals surface area (Å²) in [4.78, 5) is 21.4. The maximum atomic E-state index is 11.6. The van der Waals surface area contributed by atoms with Crippen LogP contribution in [0.3, 0.4) is 0 Å². The number of amides is 1. The molecule has 1 aromatic carbocycles. The molecule has 0 atom stereocenters. The zero-order valence-electron chi connectivity index (χ0n) is 9.06. The van der Waals surface area contributed by atoms with Crippen molar-refractivity contribution >= 4 is 11.6 Å². The number of carbonyl (C=O) groups excluding carboxylic acids is 1. The van der Waals surface area contributed by atoms with Gasteiger partial charge in [0.15, 0.2) is 0 Å². The molecule has 0 saturated heterocycles. The third-order valence-corrected chi connectivity index (χ3v) is 1.95. The number of carbonyl (C=O) groups is 1. The summed E-state index contributed by atoms with van der Waals surface area (Å²) in [5.41, 5.74) is -0.397. The number of benzene rings is 1. The molecule has 6 heteroatoms. The number of hydrogen-bond acceptors (Lipinski definition) is 4. The molecule has 0 saturated carbocycles. The summed E-state index contributed by atoms with van der Waals surface area (Å²) >= 11 is 0. The topological polar surface area (TPSA) is 92.5 Å². The van der Waals surface area contributed by atoms with Gasteiger partial charge in [0.25, 0.3) is 11.6 Å². The SMILES string of the molecule is CC#CCNC(=O)c1cc([N+](=O)[O-])ccc1O. The molecule has 0 unspecified atom stereocenters. The summed E-state index contributed by atoms with van der Waals surface area (Å²) in [5, 5.41) is 22.4. The minimum absolute atomic E-state index is 0.122. The van der Waals surface area contributed by atoms with E-state index in [0.29, 0.717) is 0 Å². The fraction of sp³-hybridized carbons (Fsp3) is 0.182. The highest BCUT2D eigenvalue weighted by Gasteiger charge is 2.15. The molecule has 0 aromatic heterocycles. The van der Waals surface area contributed by atoms with Gasteiger partial charge in [0.2, 0.25) is 0 Å². The van der Waals surface area contributed by atoms with Gasteiger partial charge in [-0.25, -0.2) is 0 Å². The number of nitro groups is 1. The largest absolute Gasteiger partial charge is 0.507 e. The summed E-state index contributed by atoms with van der Waals surface area (Å²) in [6.07, 6.45) is 0. The van der Waals surface area contributed by atoms with Crippen molar-refractivity contribution < 1.29 is 14.8 Å². The van der Waals surface area contributed by atoms with Gasteiger partial charge < -0.3 is 10.4 Å². The minimum atomic E-state index is -0.637. The van der Waals surface area contributed by atoms with Crippen LogP contribution in [0.25, 0.3) is 0 Å². The van der Waals surface area contributed by atoms with E-state index in [9.17, 15) is 20.0 Å². The molecule has 0 aliphatic rings. The van der Waals surface area contributed by atoms with E-state index in [1.54, 1.807) is 6.92 Å². The summed E-state index contributed by atoms with van der Waals surface area (Å²) in [6, 6.07) is 3.25. The van der Waals surface area contributed by atoms with Crippen LogP contribution in [0.15, 0.2) is 18.2 Å². The maximum Gasteiger partial charge on any atom is 0.270 e. The lowest BCUT2D eigenvalue weighted by atomic mass is 10.1. The van der Waals surface area contributed by atoms with Crippen LogP contribution in [-0.2, 0) is 0 Å². The molecule has 1 aromatic rings. The van der Waals surface area contributed by atoms with E-state index in [-0.39, 0.29) is 23.5 Å². The second-order valence-electron chi connectivity index (χ2n) is 3.07. The second kappa shape index (κ2) is 5.51. The first kappa shape index (κ1) is 12.5. The van der Waals surface area contributed by atoms with E-state index < -0.39 is 10.8 Å². The average molecular weight is 234 g/mol. The van der Waals surface area contributed by atoms with Crippen molar-refractivity contribution in [3.05, 3.63) is 33.9 Å². The van der Waals surface area contributed by atoms with Gasteiger partial charge in [-0.3, -0.25) is 14.9 Å². The molecule has 0 spiro atoms. The Morgan fingerprint density at radius 3 is 2.88 bits per heavy atom. The predicted octanol–water partition coefficient (Wildman–Crippen LogP) is 1.05. The van der Waals surface area contributed by atoms with Gasteiger partial charge >= 0.3 is 0 Å². The third-order valence-electron chi connectivity index (χ3n) is 1.95. The molecule has 6 nitrogen and oxygen atoms in total. The summed E-state index contributed by atoms with van der Waals surface area (Å²) in [7, 11) is 0. The number of nitrogens with one attached hydrogen (secondary N) is 1. The molecule has 1 rings (SSSR count). The molecule has 88 valence electrons. The van der Waals surface area contributed by atoms with Crippen LogP contribution in [0.1, 0.15) is 17.3 Å². The van der Waals surface area contributed by atoms with Gasteiger partial charge in [-0.1, -0.05) is 5.92 Å². The molecular formula is C11H10N2O4. The number of aromatic hydroxyl groups is 1. The van der Waals surface area contributed by atoms with E-state index in [1.165, 1.54) is 0 Å². The zero-order valence-corrected chi connectivity index (χ0v) is 9.06. The number of hydrogen-bond donors (Lipinski definition) is 2. The van der Waals surface area contributed by atoms with Gasteiger partial charge in [0, 0.05) is 12.1 Å². The second-order valence-corrected chi connectivity index (χ2v) is 3.07. The van der Waals surface area contributed by atoms with Gasteiger partial charge in [-0.2, -0.15) is 0 Å². The Balaban J connectivity index is 2.94. The number of phenols is 1. The van der Waals surface area contributed by atoms with Crippen molar-refractivity contribution in [2.75, 3.05) is 6.54 Å². The van der Waals surface area contributed by atoms with E-state index in [0.717, 1.165) is 18.2 Å². The number of phenolic OH excluding ortho intramolecular Hbond substituents is 1. The van der Waals surface area contributed by atoms with E-state index in [2.05, 4.69) is 17.2 Å². The summed E-state index contributed by atoms with van der Waals surface area (Å²) in [6.45, 7) is 1.74. The fourth-order valence-corrected chi connectivity index (χ4v) is 1.13. The Hall–Kier alpha value is -2.55. The van der Waals surface area contributed by atoms with Crippen molar-refractivity contribution in [1.29, 1.82) is 0 Å². The molecule has 0 bridgehead atoms. The van der Waals surface area contributed by atoms with Crippen LogP contribution in [0.4, 0.5) is 5.69 Å². The zero-order chi connectivity index (χ0) is 12.8. The van der Waals surface area contributed by atoms with Gasteiger partial charge in [-0.05, 0) is 13.0 Å². The number of rotatable bonds is 3. The van der Waals surface area contributed by atoms with Crippen molar-refractivity contribution in [3.8, 4) is 17.6 Å². The van der Waals surface area contributed by atoms with Crippen molar-refractivity contribution in [2.45, 2.75) is 6.92 Å². The number of nitrogens with zero attached hydrogens (tertiary/aromatic N) is 1. The van der Waals surface area contributed by atoms with Crippen LogP contribution in [0.2, 0.25) is 0 Å². The Kier molecular flexibility index (Phi) is 4.06. The molecule has 0 heterocycles. The number of nitro benzene ring substituents is 1. The Bertz CT molecular complexity index is 514.